The van der Waals surface area contributed by atoms with Crippen LogP contribution < -0.4 is 4.74 Å². The molecule has 1 spiro atoms. The van der Waals surface area contributed by atoms with Crippen LogP contribution in [0.3, 0.4) is 0 Å². The van der Waals surface area contributed by atoms with Gasteiger partial charge in [-0.25, -0.2) is 0 Å². The highest BCUT2D eigenvalue weighted by Crippen LogP contribution is 2.53. The summed E-state index contributed by atoms with van der Waals surface area (Å²) in [5, 5.41) is 0. The molecule has 0 N–H and O–H groups in total. The normalized spacial score (nSPS) is 21.7. The van der Waals surface area contributed by atoms with Gasteiger partial charge in [-0.3, -0.25) is 0 Å². The molecule has 1 heterocycles. The molecule has 3 rings (SSSR count). The fourth-order valence-electron chi connectivity index (χ4n) is 1.88. The number of hydrogen-bond donors (Lipinski definition) is 0. The van der Waals surface area contributed by atoms with Gasteiger partial charge < -0.3 is 4.74 Å². The van der Waals surface area contributed by atoms with E-state index in [2.05, 4.69) is 18.2 Å². The molecule has 1 fully saturated rings. The highest BCUT2D eigenvalue weighted by atomic mass is 16.5. The van der Waals surface area contributed by atoms with Crippen LogP contribution >= 0.6 is 0 Å². The van der Waals surface area contributed by atoms with Gasteiger partial charge in [-0.05, 0) is 25.0 Å². The van der Waals surface area contributed by atoms with Crippen LogP contribution in [0.15, 0.2) is 36.6 Å². The van der Waals surface area contributed by atoms with Crippen molar-refractivity contribution in [2.24, 2.45) is 0 Å². The van der Waals surface area contributed by atoms with Crippen molar-refractivity contribution in [1.29, 1.82) is 0 Å². The average molecular weight is 158 g/mol. The Hall–Kier alpha value is -1.24. The molecule has 1 aliphatic heterocycles. The summed E-state index contributed by atoms with van der Waals surface area (Å²) in [4.78, 5) is 0. The molecular formula is C11H10O. The van der Waals surface area contributed by atoms with Crippen LogP contribution in [0.2, 0.25) is 0 Å². The predicted octanol–water partition coefficient (Wildman–Crippen LogP) is 2.62. The van der Waals surface area contributed by atoms with E-state index in [0.717, 1.165) is 5.75 Å². The van der Waals surface area contributed by atoms with Crippen LogP contribution in [0, 0.1) is 0 Å². The van der Waals surface area contributed by atoms with Crippen LogP contribution in [0.1, 0.15) is 18.4 Å². The Labute approximate surface area is 71.7 Å². The summed E-state index contributed by atoms with van der Waals surface area (Å²) in [6.07, 6.45) is 6.58. The number of fused-ring (bicyclic) bond motifs is 2. The Morgan fingerprint density at radius 1 is 1.17 bits per heavy atom. The predicted molar refractivity (Wildman–Crippen MR) is 47.1 cm³/mol. The lowest BCUT2D eigenvalue weighted by Gasteiger charge is -2.19. The zero-order valence-electron chi connectivity index (χ0n) is 6.79. The van der Waals surface area contributed by atoms with Gasteiger partial charge >= 0.3 is 0 Å². The van der Waals surface area contributed by atoms with Crippen molar-refractivity contribution in [3.8, 4) is 5.75 Å². The van der Waals surface area contributed by atoms with Crippen LogP contribution in [-0.2, 0) is 5.41 Å². The van der Waals surface area contributed by atoms with E-state index in [1.165, 1.54) is 18.4 Å². The van der Waals surface area contributed by atoms with E-state index in [1.54, 1.807) is 0 Å². The fourth-order valence-corrected chi connectivity index (χ4v) is 1.88. The lowest BCUT2D eigenvalue weighted by atomic mass is 9.94. The van der Waals surface area contributed by atoms with Gasteiger partial charge in [0, 0.05) is 11.0 Å². The summed E-state index contributed by atoms with van der Waals surface area (Å²) >= 11 is 0. The van der Waals surface area contributed by atoms with E-state index < -0.39 is 0 Å². The van der Waals surface area contributed by atoms with Crippen molar-refractivity contribution in [2.45, 2.75) is 18.3 Å². The molecule has 1 heteroatoms. The Balaban J connectivity index is 2.21. The minimum atomic E-state index is 0.356. The van der Waals surface area contributed by atoms with Crippen molar-refractivity contribution >= 4 is 0 Å². The van der Waals surface area contributed by atoms with Crippen LogP contribution in [0.5, 0.6) is 5.75 Å². The Morgan fingerprint density at radius 2 is 2.00 bits per heavy atom. The number of hydrogen-bond acceptors (Lipinski definition) is 1. The SMILES string of the molecule is C1=CC2(CC2)c2ccccc2O1. The maximum Gasteiger partial charge on any atom is 0.130 e. The standard InChI is InChI=1S/C11H10O/c1-2-4-10-9(3-1)11(5-6-11)7-8-12-10/h1-4,7-8H,5-6H2. The van der Waals surface area contributed by atoms with Gasteiger partial charge in [0.25, 0.3) is 0 Å². The molecule has 0 saturated heterocycles. The van der Waals surface area contributed by atoms with E-state index in [-0.39, 0.29) is 0 Å². The van der Waals surface area contributed by atoms with Crippen LogP contribution in [0.25, 0.3) is 0 Å². The lowest BCUT2D eigenvalue weighted by Crippen LogP contribution is -2.09. The van der Waals surface area contributed by atoms with Crippen molar-refractivity contribution in [3.05, 3.63) is 42.2 Å². The average Bonchev–Trinajstić information content (AvgIpc) is 2.87. The monoisotopic (exact) mass is 158 g/mol. The minimum Gasteiger partial charge on any atom is -0.465 e. The topological polar surface area (TPSA) is 9.23 Å². The Kier molecular flexibility index (Phi) is 1.01. The van der Waals surface area contributed by atoms with Gasteiger partial charge in [0.05, 0.1) is 6.26 Å². The minimum absolute atomic E-state index is 0.356. The highest BCUT2D eigenvalue weighted by Gasteiger charge is 2.45. The van der Waals surface area contributed by atoms with Gasteiger partial charge in [0.15, 0.2) is 0 Å². The lowest BCUT2D eigenvalue weighted by molar-refractivity contribution is 0.450. The van der Waals surface area contributed by atoms with Crippen molar-refractivity contribution in [2.75, 3.05) is 0 Å². The van der Waals surface area contributed by atoms with E-state index >= 15 is 0 Å². The molecule has 1 aromatic rings. The molecule has 0 radical (unpaired) electrons. The first-order valence-corrected chi connectivity index (χ1v) is 4.35. The van der Waals surface area contributed by atoms with E-state index in [0.29, 0.717) is 5.41 Å². The number of ether oxygens (including phenoxy) is 1. The molecule has 0 aromatic heterocycles. The van der Waals surface area contributed by atoms with Crippen LogP contribution in [-0.4, -0.2) is 0 Å². The van der Waals surface area contributed by atoms with Gasteiger partial charge in [0.1, 0.15) is 5.75 Å². The van der Waals surface area contributed by atoms with Gasteiger partial charge in [-0.15, -0.1) is 0 Å². The number of allylic oxidation sites excluding steroid dienone is 1. The molecular weight excluding hydrogens is 148 g/mol. The third kappa shape index (κ3) is 0.685. The summed E-state index contributed by atoms with van der Waals surface area (Å²) in [7, 11) is 0. The maximum absolute atomic E-state index is 5.42. The van der Waals surface area contributed by atoms with Crippen molar-refractivity contribution < 1.29 is 4.74 Å². The Bertz CT molecular complexity index is 348. The molecule has 1 nitrogen and oxygen atoms in total. The fraction of sp³-hybridized carbons (Fsp3) is 0.273. The van der Waals surface area contributed by atoms with Gasteiger partial charge in [-0.1, -0.05) is 18.2 Å². The third-order valence-electron chi connectivity index (χ3n) is 2.79. The summed E-state index contributed by atoms with van der Waals surface area (Å²) in [5.74, 6) is 1.04. The van der Waals surface area contributed by atoms with E-state index in [4.69, 9.17) is 4.74 Å². The molecule has 0 amide bonds. The second-order valence-electron chi connectivity index (χ2n) is 3.57. The molecule has 2 aliphatic rings. The first-order chi connectivity index (χ1) is 5.91. The molecule has 0 bridgehead atoms. The second-order valence-corrected chi connectivity index (χ2v) is 3.57. The molecule has 12 heavy (non-hydrogen) atoms. The summed E-state index contributed by atoms with van der Waals surface area (Å²) in [5.41, 5.74) is 1.72. The molecule has 0 unspecified atom stereocenters. The number of para-hydroxylation sites is 1. The summed E-state index contributed by atoms with van der Waals surface area (Å²) in [6.45, 7) is 0. The molecule has 1 saturated carbocycles. The first-order valence-electron chi connectivity index (χ1n) is 4.35. The largest absolute Gasteiger partial charge is 0.465 e. The quantitative estimate of drug-likeness (QED) is 0.564. The molecule has 60 valence electrons. The number of benzene rings is 1. The summed E-state index contributed by atoms with van der Waals surface area (Å²) < 4.78 is 5.42. The van der Waals surface area contributed by atoms with E-state index in [9.17, 15) is 0 Å². The first kappa shape index (κ1) is 6.30. The second kappa shape index (κ2) is 1.92. The van der Waals surface area contributed by atoms with E-state index in [1.807, 2.05) is 18.4 Å². The van der Waals surface area contributed by atoms with Crippen molar-refractivity contribution in [1.82, 2.24) is 0 Å². The zero-order valence-corrected chi connectivity index (χ0v) is 6.79. The van der Waals surface area contributed by atoms with Crippen LogP contribution in [0.4, 0.5) is 0 Å². The smallest absolute Gasteiger partial charge is 0.130 e. The molecule has 1 aromatic carbocycles. The third-order valence-corrected chi connectivity index (χ3v) is 2.79. The highest BCUT2D eigenvalue weighted by molar-refractivity contribution is 5.49. The van der Waals surface area contributed by atoms with Gasteiger partial charge in [-0.2, -0.15) is 0 Å². The molecule has 0 atom stereocenters. The zero-order chi connectivity index (χ0) is 8.02. The maximum atomic E-state index is 5.42. The Morgan fingerprint density at radius 3 is 2.83 bits per heavy atom. The van der Waals surface area contributed by atoms with Gasteiger partial charge in [0.2, 0.25) is 0 Å². The van der Waals surface area contributed by atoms with Crippen molar-refractivity contribution in [3.63, 3.8) is 0 Å². The molecule has 1 aliphatic carbocycles. The number of rotatable bonds is 0. The summed E-state index contributed by atoms with van der Waals surface area (Å²) in [6, 6.07) is 8.32.